The molecular weight excluding hydrogens is 266 g/mol. The summed E-state index contributed by atoms with van der Waals surface area (Å²) >= 11 is 1.78. The lowest BCUT2D eigenvalue weighted by atomic mass is 9.99. The van der Waals surface area contributed by atoms with Gasteiger partial charge in [0.1, 0.15) is 0 Å². The molecule has 0 saturated carbocycles. The van der Waals surface area contributed by atoms with Crippen molar-refractivity contribution in [3.63, 3.8) is 0 Å². The van der Waals surface area contributed by atoms with Gasteiger partial charge in [0.05, 0.1) is 0 Å². The van der Waals surface area contributed by atoms with Gasteiger partial charge in [-0.3, -0.25) is 4.90 Å². The van der Waals surface area contributed by atoms with E-state index in [2.05, 4.69) is 52.5 Å². The predicted molar refractivity (Wildman–Crippen MR) is 85.4 cm³/mol. The van der Waals surface area contributed by atoms with E-state index in [9.17, 15) is 0 Å². The van der Waals surface area contributed by atoms with E-state index in [1.165, 1.54) is 30.0 Å². The number of anilines is 1. The number of thiazole rings is 1. The van der Waals surface area contributed by atoms with Gasteiger partial charge in [-0.15, -0.1) is 11.3 Å². The van der Waals surface area contributed by atoms with Gasteiger partial charge in [-0.25, -0.2) is 4.98 Å². The van der Waals surface area contributed by atoms with Gasteiger partial charge >= 0.3 is 0 Å². The van der Waals surface area contributed by atoms with Crippen LogP contribution >= 0.6 is 11.3 Å². The van der Waals surface area contributed by atoms with Crippen LogP contribution in [0.25, 0.3) is 0 Å². The molecule has 1 aromatic carbocycles. The molecular formula is C16H21N3S. The smallest absolute Gasteiger partial charge is 0.182 e. The normalized spacial score (nSPS) is 19.4. The minimum absolute atomic E-state index is 0.692. The van der Waals surface area contributed by atoms with E-state index in [1.807, 2.05) is 6.20 Å². The highest BCUT2D eigenvalue weighted by atomic mass is 32.1. The molecule has 1 fully saturated rings. The van der Waals surface area contributed by atoms with Crippen molar-refractivity contribution < 1.29 is 0 Å². The Morgan fingerprint density at radius 3 is 3.00 bits per heavy atom. The van der Waals surface area contributed by atoms with Crippen molar-refractivity contribution in [1.29, 1.82) is 0 Å². The number of hydrogen-bond acceptors (Lipinski definition) is 4. The van der Waals surface area contributed by atoms with Crippen molar-refractivity contribution in [1.82, 2.24) is 9.88 Å². The highest BCUT2D eigenvalue weighted by Gasteiger charge is 2.24. The fourth-order valence-electron chi connectivity index (χ4n) is 2.81. The summed E-state index contributed by atoms with van der Waals surface area (Å²) in [5, 5.41) is 4.32. The molecule has 4 heteroatoms. The van der Waals surface area contributed by atoms with Crippen molar-refractivity contribution in [2.45, 2.75) is 25.8 Å². The van der Waals surface area contributed by atoms with Crippen LogP contribution in [0.2, 0.25) is 0 Å². The average molecular weight is 287 g/mol. The van der Waals surface area contributed by atoms with Gasteiger partial charge < -0.3 is 5.32 Å². The molecule has 20 heavy (non-hydrogen) atoms. The molecule has 0 bridgehead atoms. The number of nitrogens with zero attached hydrogens (tertiary/aromatic N) is 2. The van der Waals surface area contributed by atoms with Crippen LogP contribution in [0.4, 0.5) is 5.13 Å². The van der Waals surface area contributed by atoms with Gasteiger partial charge in [0, 0.05) is 30.7 Å². The molecule has 1 aromatic heterocycles. The molecule has 3 nitrogen and oxygen atoms in total. The number of hydrogen-bond donors (Lipinski definition) is 1. The van der Waals surface area contributed by atoms with E-state index in [-0.39, 0.29) is 0 Å². The van der Waals surface area contributed by atoms with Crippen LogP contribution in [0, 0.1) is 0 Å². The van der Waals surface area contributed by atoms with E-state index in [4.69, 9.17) is 0 Å². The third-order valence-corrected chi connectivity index (χ3v) is 4.74. The summed E-state index contributed by atoms with van der Waals surface area (Å²) in [5.74, 6) is 0.692. The number of benzene rings is 1. The van der Waals surface area contributed by atoms with Crippen LogP contribution in [-0.2, 0) is 6.54 Å². The molecule has 2 aromatic rings. The fourth-order valence-corrected chi connectivity index (χ4v) is 3.73. The summed E-state index contributed by atoms with van der Waals surface area (Å²) in [6.07, 6.45) is 3.28. The zero-order chi connectivity index (χ0) is 13.8. The Labute approximate surface area is 124 Å². The summed E-state index contributed by atoms with van der Waals surface area (Å²) in [6.45, 7) is 6.43. The molecule has 0 radical (unpaired) electrons. The number of rotatable bonds is 5. The lowest BCUT2D eigenvalue weighted by Crippen LogP contribution is -2.19. The second-order valence-corrected chi connectivity index (χ2v) is 6.41. The molecule has 0 aliphatic carbocycles. The first-order valence-electron chi connectivity index (χ1n) is 7.31. The molecule has 1 aliphatic rings. The van der Waals surface area contributed by atoms with Crippen LogP contribution in [0.1, 0.15) is 29.7 Å². The summed E-state index contributed by atoms with van der Waals surface area (Å²) in [6, 6.07) is 10.9. The van der Waals surface area contributed by atoms with Gasteiger partial charge in [-0.05, 0) is 31.4 Å². The van der Waals surface area contributed by atoms with E-state index in [0.717, 1.165) is 18.2 Å². The predicted octanol–water partition coefficient (Wildman–Crippen LogP) is 3.56. The van der Waals surface area contributed by atoms with E-state index < -0.39 is 0 Å². The molecule has 3 rings (SSSR count). The first-order chi connectivity index (χ1) is 9.85. The van der Waals surface area contributed by atoms with Crippen molar-refractivity contribution in [2.75, 3.05) is 25.0 Å². The topological polar surface area (TPSA) is 28.2 Å². The Morgan fingerprint density at radius 1 is 1.35 bits per heavy atom. The highest BCUT2D eigenvalue weighted by Crippen LogP contribution is 2.29. The summed E-state index contributed by atoms with van der Waals surface area (Å²) in [4.78, 5) is 8.30. The molecule has 0 spiro atoms. The standard InChI is InChI=1S/C16H21N3S/c1-2-17-16-18-10-15(20-16)12-19-9-8-14(11-19)13-6-4-3-5-7-13/h3-7,10,14H,2,8-9,11-12H2,1H3,(H,17,18). The van der Waals surface area contributed by atoms with Gasteiger partial charge in [0.2, 0.25) is 0 Å². The maximum atomic E-state index is 4.41. The fraction of sp³-hybridized carbons (Fsp3) is 0.438. The third-order valence-electron chi connectivity index (χ3n) is 3.80. The number of nitrogens with one attached hydrogen (secondary N) is 1. The largest absolute Gasteiger partial charge is 0.362 e. The molecule has 1 N–H and O–H groups in total. The van der Waals surface area contributed by atoms with Crippen LogP contribution < -0.4 is 5.32 Å². The Kier molecular flexibility index (Phi) is 4.33. The van der Waals surface area contributed by atoms with Crippen LogP contribution in [0.5, 0.6) is 0 Å². The van der Waals surface area contributed by atoms with Gasteiger partial charge in [-0.2, -0.15) is 0 Å². The Balaban J connectivity index is 1.57. The number of aromatic nitrogens is 1. The molecule has 1 unspecified atom stereocenters. The summed E-state index contributed by atoms with van der Waals surface area (Å²) < 4.78 is 0. The Morgan fingerprint density at radius 2 is 2.20 bits per heavy atom. The van der Waals surface area contributed by atoms with Crippen LogP contribution in [-0.4, -0.2) is 29.5 Å². The minimum Gasteiger partial charge on any atom is -0.362 e. The summed E-state index contributed by atoms with van der Waals surface area (Å²) in [5.41, 5.74) is 1.48. The van der Waals surface area contributed by atoms with Crippen molar-refractivity contribution in [3.8, 4) is 0 Å². The van der Waals surface area contributed by atoms with E-state index in [0.29, 0.717) is 5.92 Å². The molecule has 1 aliphatic heterocycles. The summed E-state index contributed by atoms with van der Waals surface area (Å²) in [7, 11) is 0. The first kappa shape index (κ1) is 13.6. The third kappa shape index (κ3) is 3.19. The van der Waals surface area contributed by atoms with Crippen molar-refractivity contribution >= 4 is 16.5 Å². The molecule has 106 valence electrons. The Bertz CT molecular complexity index is 538. The maximum absolute atomic E-state index is 4.41. The van der Waals surface area contributed by atoms with Crippen LogP contribution in [0.15, 0.2) is 36.5 Å². The SMILES string of the molecule is CCNc1ncc(CN2CCC(c3ccccc3)C2)s1. The number of likely N-dealkylation sites (tertiary alicyclic amines) is 1. The first-order valence-corrected chi connectivity index (χ1v) is 8.12. The molecule has 0 amide bonds. The molecule has 1 saturated heterocycles. The molecule has 2 heterocycles. The van der Waals surface area contributed by atoms with Gasteiger partial charge in [0.15, 0.2) is 5.13 Å². The van der Waals surface area contributed by atoms with E-state index in [1.54, 1.807) is 11.3 Å². The van der Waals surface area contributed by atoms with Gasteiger partial charge in [0.25, 0.3) is 0 Å². The minimum atomic E-state index is 0.692. The zero-order valence-electron chi connectivity index (χ0n) is 11.9. The second-order valence-electron chi connectivity index (χ2n) is 5.29. The van der Waals surface area contributed by atoms with Crippen molar-refractivity contribution in [3.05, 3.63) is 47.0 Å². The quantitative estimate of drug-likeness (QED) is 0.911. The second kappa shape index (κ2) is 6.37. The average Bonchev–Trinajstić information content (AvgIpc) is 3.11. The lowest BCUT2D eigenvalue weighted by Gasteiger charge is -2.14. The monoisotopic (exact) mass is 287 g/mol. The highest BCUT2D eigenvalue weighted by molar-refractivity contribution is 7.15. The zero-order valence-corrected chi connectivity index (χ0v) is 12.7. The van der Waals surface area contributed by atoms with Crippen LogP contribution in [0.3, 0.4) is 0 Å². The van der Waals surface area contributed by atoms with Gasteiger partial charge in [-0.1, -0.05) is 30.3 Å². The maximum Gasteiger partial charge on any atom is 0.182 e. The Hall–Kier alpha value is -1.39. The lowest BCUT2D eigenvalue weighted by molar-refractivity contribution is 0.329. The molecule has 1 atom stereocenters. The van der Waals surface area contributed by atoms with Crippen molar-refractivity contribution in [2.24, 2.45) is 0 Å². The van der Waals surface area contributed by atoms with E-state index >= 15 is 0 Å².